The van der Waals surface area contributed by atoms with Gasteiger partial charge in [-0.15, -0.1) is 10.2 Å². The van der Waals surface area contributed by atoms with Crippen molar-refractivity contribution in [3.63, 3.8) is 0 Å². The van der Waals surface area contributed by atoms with Crippen molar-refractivity contribution in [3.8, 4) is 0 Å². The number of carbonyl (C=O) groups excluding carboxylic acids is 1. The largest absolute Gasteiger partial charge is 0.327 e. The normalized spacial score (nSPS) is 18.8. The molecule has 1 atom stereocenters. The van der Waals surface area contributed by atoms with Gasteiger partial charge in [0.2, 0.25) is 5.91 Å². The van der Waals surface area contributed by atoms with E-state index in [0.717, 1.165) is 17.1 Å². The average molecular weight is 337 g/mol. The van der Waals surface area contributed by atoms with Gasteiger partial charge in [-0.1, -0.05) is 22.9 Å². The second-order valence-electron chi connectivity index (χ2n) is 4.64. The second kappa shape index (κ2) is 6.89. The molecule has 9 heteroatoms. The molecule has 1 fully saturated rings. The first-order chi connectivity index (χ1) is 10.7. The Bertz CT molecular complexity index is 660. The van der Waals surface area contributed by atoms with Gasteiger partial charge in [0.15, 0.2) is 5.82 Å². The zero-order valence-electron chi connectivity index (χ0n) is 11.5. The number of halogens is 1. The van der Waals surface area contributed by atoms with Crippen molar-refractivity contribution < 1.29 is 4.79 Å². The average Bonchev–Trinajstić information content (AvgIpc) is 3.08. The highest BCUT2D eigenvalue weighted by atomic mass is 35.5. The summed E-state index contributed by atoms with van der Waals surface area (Å²) in [5.74, 6) is 2.13. The Morgan fingerprint density at radius 2 is 2.41 bits per heavy atom. The summed E-state index contributed by atoms with van der Waals surface area (Å²) in [7, 11) is 0. The maximum atomic E-state index is 12.4. The Labute approximate surface area is 136 Å². The Hall–Kier alpha value is -1.93. The lowest BCUT2D eigenvalue weighted by molar-refractivity contribution is -0.128. The van der Waals surface area contributed by atoms with Crippen LogP contribution in [-0.4, -0.2) is 54.5 Å². The third-order valence-corrected chi connectivity index (χ3v) is 4.49. The van der Waals surface area contributed by atoms with Crippen LogP contribution in [0.2, 0.25) is 5.15 Å². The van der Waals surface area contributed by atoms with E-state index in [2.05, 4.69) is 25.6 Å². The quantitative estimate of drug-likeness (QED) is 0.676. The van der Waals surface area contributed by atoms with Crippen LogP contribution in [0.5, 0.6) is 0 Å². The standard InChI is InChI=1S/C13H13ClN6OS/c14-11-3-1-9(7-15-11)2-4-12(21)20-5-6-22-8-10(20)13-16-18-19-17-13/h1-4,7,10H,5-6,8H2,(H,16,17,18,19)/b4-2+. The minimum absolute atomic E-state index is 0.0787. The zero-order valence-corrected chi connectivity index (χ0v) is 13.1. The highest BCUT2D eigenvalue weighted by Crippen LogP contribution is 2.27. The summed E-state index contributed by atoms with van der Waals surface area (Å²) < 4.78 is 0. The maximum absolute atomic E-state index is 12.4. The summed E-state index contributed by atoms with van der Waals surface area (Å²) in [4.78, 5) is 18.2. The van der Waals surface area contributed by atoms with E-state index in [-0.39, 0.29) is 11.9 Å². The molecule has 0 aliphatic carbocycles. The van der Waals surface area contributed by atoms with Gasteiger partial charge in [0.1, 0.15) is 11.2 Å². The minimum Gasteiger partial charge on any atom is -0.327 e. The van der Waals surface area contributed by atoms with Crippen molar-refractivity contribution in [3.05, 3.63) is 40.9 Å². The first kappa shape index (κ1) is 15.0. The third-order valence-electron chi connectivity index (χ3n) is 3.24. The Kier molecular flexibility index (Phi) is 4.69. The molecular weight excluding hydrogens is 324 g/mol. The lowest BCUT2D eigenvalue weighted by Crippen LogP contribution is -2.40. The summed E-state index contributed by atoms with van der Waals surface area (Å²) in [5.41, 5.74) is 0.820. The first-order valence-corrected chi connectivity index (χ1v) is 8.18. The molecule has 0 bridgehead atoms. The second-order valence-corrected chi connectivity index (χ2v) is 6.18. The topological polar surface area (TPSA) is 87.7 Å². The minimum atomic E-state index is -0.155. The molecule has 1 aliphatic heterocycles. The Morgan fingerprint density at radius 3 is 3.14 bits per heavy atom. The third kappa shape index (κ3) is 3.45. The van der Waals surface area contributed by atoms with Crippen LogP contribution < -0.4 is 0 Å². The molecule has 22 heavy (non-hydrogen) atoms. The zero-order chi connectivity index (χ0) is 15.4. The molecule has 1 saturated heterocycles. The van der Waals surface area contributed by atoms with E-state index in [1.165, 1.54) is 6.08 Å². The van der Waals surface area contributed by atoms with Crippen LogP contribution in [-0.2, 0) is 4.79 Å². The number of H-pyrrole nitrogens is 1. The monoisotopic (exact) mass is 336 g/mol. The van der Waals surface area contributed by atoms with Crippen LogP contribution in [0.15, 0.2) is 24.4 Å². The summed E-state index contributed by atoms with van der Waals surface area (Å²) in [5, 5.41) is 14.4. The van der Waals surface area contributed by atoms with Crippen molar-refractivity contribution in [2.24, 2.45) is 0 Å². The lowest BCUT2D eigenvalue weighted by atomic mass is 10.2. The maximum Gasteiger partial charge on any atom is 0.247 e. The van der Waals surface area contributed by atoms with E-state index in [4.69, 9.17) is 11.6 Å². The molecule has 1 N–H and O–H groups in total. The van der Waals surface area contributed by atoms with Gasteiger partial charge in [-0.2, -0.15) is 17.0 Å². The van der Waals surface area contributed by atoms with Gasteiger partial charge in [0.05, 0.1) is 0 Å². The number of aromatic amines is 1. The Balaban J connectivity index is 1.73. The predicted octanol–water partition coefficient (Wildman–Crippen LogP) is 1.58. The molecule has 0 aromatic carbocycles. The molecular formula is C13H13ClN6OS. The number of thioether (sulfide) groups is 1. The molecule has 3 rings (SSSR count). The number of hydrogen-bond acceptors (Lipinski definition) is 6. The van der Waals surface area contributed by atoms with Crippen LogP contribution in [0.1, 0.15) is 17.4 Å². The SMILES string of the molecule is O=C(/C=C/c1ccc(Cl)nc1)N1CCSCC1c1nn[nH]n1. The first-order valence-electron chi connectivity index (χ1n) is 6.65. The van der Waals surface area contributed by atoms with Gasteiger partial charge in [-0.3, -0.25) is 4.79 Å². The number of tetrazole rings is 1. The van der Waals surface area contributed by atoms with Gasteiger partial charge in [0.25, 0.3) is 0 Å². The van der Waals surface area contributed by atoms with Gasteiger partial charge in [0, 0.05) is 30.3 Å². The summed E-state index contributed by atoms with van der Waals surface area (Å²) in [6, 6.07) is 3.34. The van der Waals surface area contributed by atoms with Gasteiger partial charge >= 0.3 is 0 Å². The fourth-order valence-electron chi connectivity index (χ4n) is 2.14. The van der Waals surface area contributed by atoms with E-state index >= 15 is 0 Å². The van der Waals surface area contributed by atoms with Crippen LogP contribution >= 0.6 is 23.4 Å². The van der Waals surface area contributed by atoms with Crippen molar-refractivity contribution in [2.75, 3.05) is 18.1 Å². The van der Waals surface area contributed by atoms with Crippen LogP contribution in [0.3, 0.4) is 0 Å². The van der Waals surface area contributed by atoms with E-state index in [9.17, 15) is 4.79 Å². The molecule has 7 nitrogen and oxygen atoms in total. The molecule has 2 aromatic rings. The summed E-state index contributed by atoms with van der Waals surface area (Å²) in [6.45, 7) is 0.659. The molecule has 1 aliphatic rings. The Morgan fingerprint density at radius 1 is 1.50 bits per heavy atom. The predicted molar refractivity (Wildman–Crippen MR) is 84.2 cm³/mol. The number of nitrogens with one attached hydrogen (secondary N) is 1. The van der Waals surface area contributed by atoms with Crippen LogP contribution in [0, 0.1) is 0 Å². The van der Waals surface area contributed by atoms with Gasteiger partial charge in [-0.25, -0.2) is 4.98 Å². The van der Waals surface area contributed by atoms with Crippen molar-refractivity contribution >= 4 is 35.3 Å². The number of aromatic nitrogens is 5. The number of rotatable bonds is 3. The molecule has 1 amide bonds. The number of nitrogens with zero attached hydrogens (tertiary/aromatic N) is 5. The molecule has 3 heterocycles. The molecule has 0 spiro atoms. The number of hydrogen-bond donors (Lipinski definition) is 1. The molecule has 1 unspecified atom stereocenters. The van der Waals surface area contributed by atoms with Crippen molar-refractivity contribution in [1.82, 2.24) is 30.5 Å². The van der Waals surface area contributed by atoms with E-state index in [0.29, 0.717) is 17.5 Å². The molecule has 0 radical (unpaired) electrons. The van der Waals surface area contributed by atoms with Crippen molar-refractivity contribution in [1.29, 1.82) is 0 Å². The number of carbonyl (C=O) groups is 1. The number of amides is 1. The highest BCUT2D eigenvalue weighted by Gasteiger charge is 2.30. The molecule has 0 saturated carbocycles. The molecule has 114 valence electrons. The summed E-state index contributed by atoms with van der Waals surface area (Å²) in [6.07, 6.45) is 4.88. The number of pyridine rings is 1. The van der Waals surface area contributed by atoms with Gasteiger partial charge in [-0.05, 0) is 17.7 Å². The van der Waals surface area contributed by atoms with Crippen LogP contribution in [0.4, 0.5) is 0 Å². The van der Waals surface area contributed by atoms with Crippen molar-refractivity contribution in [2.45, 2.75) is 6.04 Å². The van der Waals surface area contributed by atoms with E-state index in [1.807, 2.05) is 6.07 Å². The van der Waals surface area contributed by atoms with Crippen LogP contribution in [0.25, 0.3) is 6.08 Å². The van der Waals surface area contributed by atoms with E-state index in [1.54, 1.807) is 35.0 Å². The highest BCUT2D eigenvalue weighted by molar-refractivity contribution is 7.99. The smallest absolute Gasteiger partial charge is 0.247 e. The molecule has 2 aromatic heterocycles. The summed E-state index contributed by atoms with van der Waals surface area (Å²) >= 11 is 7.51. The fourth-order valence-corrected chi connectivity index (χ4v) is 3.30. The van der Waals surface area contributed by atoms with E-state index < -0.39 is 0 Å². The lowest BCUT2D eigenvalue weighted by Gasteiger charge is -2.32. The fraction of sp³-hybridized carbons (Fsp3) is 0.308. The van der Waals surface area contributed by atoms with Gasteiger partial charge < -0.3 is 4.90 Å².